The minimum atomic E-state index is -0.167. The van der Waals surface area contributed by atoms with Crippen molar-refractivity contribution >= 4 is 32.5 Å². The molecule has 0 bridgehead atoms. The van der Waals surface area contributed by atoms with Gasteiger partial charge in [0.2, 0.25) is 5.88 Å². The molecule has 0 spiro atoms. The Morgan fingerprint density at radius 2 is 2.03 bits per heavy atom. The molecule has 1 unspecified atom stereocenters. The lowest BCUT2D eigenvalue weighted by molar-refractivity contribution is 0.406. The predicted molar refractivity (Wildman–Crippen MR) is 115 cm³/mol. The van der Waals surface area contributed by atoms with Crippen molar-refractivity contribution in [3.05, 3.63) is 44.9 Å². The fourth-order valence-electron chi connectivity index (χ4n) is 4.21. The SMILES string of the molecule is Cn1c(O)cn(CC2CC=C(c3ccc4c(nnn4CC4CC4)c3Br)CC2)c1=O. The molecule has 2 aliphatic rings. The van der Waals surface area contributed by atoms with Crippen LogP contribution in [0.15, 0.2) is 33.7 Å². The summed E-state index contributed by atoms with van der Waals surface area (Å²) >= 11 is 3.77. The van der Waals surface area contributed by atoms with E-state index in [0.717, 1.165) is 47.2 Å². The average Bonchev–Trinajstić information content (AvgIpc) is 3.40. The monoisotopic (exact) mass is 457 g/mol. The fourth-order valence-corrected chi connectivity index (χ4v) is 4.88. The topological polar surface area (TPSA) is 77.9 Å². The molecule has 1 N–H and O–H groups in total. The molecule has 0 saturated heterocycles. The first kappa shape index (κ1) is 18.7. The minimum absolute atomic E-state index is 0.00834. The highest BCUT2D eigenvalue weighted by Crippen LogP contribution is 2.38. The second-order valence-electron chi connectivity index (χ2n) is 8.36. The lowest BCUT2D eigenvalue weighted by Crippen LogP contribution is -2.25. The third-order valence-electron chi connectivity index (χ3n) is 6.22. The van der Waals surface area contributed by atoms with Crippen LogP contribution < -0.4 is 5.69 Å². The summed E-state index contributed by atoms with van der Waals surface area (Å²) in [7, 11) is 1.58. The molecule has 29 heavy (non-hydrogen) atoms. The van der Waals surface area contributed by atoms with Crippen molar-refractivity contribution in [3.8, 4) is 5.88 Å². The van der Waals surface area contributed by atoms with Gasteiger partial charge in [0.05, 0.1) is 16.2 Å². The van der Waals surface area contributed by atoms with E-state index in [2.05, 4.69) is 44.5 Å². The van der Waals surface area contributed by atoms with Crippen LogP contribution in [0, 0.1) is 11.8 Å². The number of hydrogen-bond acceptors (Lipinski definition) is 4. The maximum absolute atomic E-state index is 12.1. The van der Waals surface area contributed by atoms with E-state index in [9.17, 15) is 9.90 Å². The molecule has 1 saturated carbocycles. The summed E-state index contributed by atoms with van der Waals surface area (Å²) < 4.78 is 5.93. The van der Waals surface area contributed by atoms with Gasteiger partial charge in [-0.15, -0.1) is 5.10 Å². The Morgan fingerprint density at radius 1 is 1.21 bits per heavy atom. The van der Waals surface area contributed by atoms with Gasteiger partial charge >= 0.3 is 5.69 Å². The van der Waals surface area contributed by atoms with E-state index < -0.39 is 0 Å². The van der Waals surface area contributed by atoms with Crippen molar-refractivity contribution in [2.24, 2.45) is 18.9 Å². The van der Waals surface area contributed by atoms with Gasteiger partial charge in [-0.25, -0.2) is 9.48 Å². The number of benzene rings is 1. The van der Waals surface area contributed by atoms with E-state index >= 15 is 0 Å². The van der Waals surface area contributed by atoms with Crippen LogP contribution in [0.3, 0.4) is 0 Å². The van der Waals surface area contributed by atoms with Crippen molar-refractivity contribution in [1.82, 2.24) is 24.1 Å². The third kappa shape index (κ3) is 3.43. The smallest absolute Gasteiger partial charge is 0.330 e. The van der Waals surface area contributed by atoms with Crippen LogP contribution in [-0.4, -0.2) is 29.2 Å². The highest BCUT2D eigenvalue weighted by molar-refractivity contribution is 9.10. The first-order valence-corrected chi connectivity index (χ1v) is 11.0. The number of fused-ring (bicyclic) bond motifs is 1. The Hall–Kier alpha value is -2.35. The summed E-state index contributed by atoms with van der Waals surface area (Å²) in [6, 6.07) is 4.31. The van der Waals surface area contributed by atoms with Crippen LogP contribution in [0.5, 0.6) is 5.88 Å². The number of nitrogens with zero attached hydrogens (tertiary/aromatic N) is 5. The molecule has 152 valence electrons. The molecule has 0 radical (unpaired) electrons. The van der Waals surface area contributed by atoms with Crippen LogP contribution in [0.4, 0.5) is 0 Å². The number of aromatic nitrogens is 5. The molecule has 0 amide bonds. The summed E-state index contributed by atoms with van der Waals surface area (Å²) in [5.41, 5.74) is 4.35. The van der Waals surface area contributed by atoms with Crippen LogP contribution in [0.1, 0.15) is 37.7 Å². The van der Waals surface area contributed by atoms with E-state index in [1.54, 1.807) is 11.6 Å². The van der Waals surface area contributed by atoms with Crippen molar-refractivity contribution in [2.45, 2.75) is 45.2 Å². The summed E-state index contributed by atoms with van der Waals surface area (Å²) in [4.78, 5) is 12.1. The zero-order chi connectivity index (χ0) is 20.1. The minimum Gasteiger partial charge on any atom is -0.493 e. The molecule has 5 rings (SSSR count). The largest absolute Gasteiger partial charge is 0.493 e. The highest BCUT2D eigenvalue weighted by atomic mass is 79.9. The Labute approximate surface area is 176 Å². The van der Waals surface area contributed by atoms with Crippen molar-refractivity contribution in [1.29, 1.82) is 0 Å². The molecule has 3 aromatic rings. The van der Waals surface area contributed by atoms with Gasteiger partial charge < -0.3 is 5.11 Å². The Balaban J connectivity index is 1.35. The summed E-state index contributed by atoms with van der Waals surface area (Å²) in [6.07, 6.45) is 9.27. The van der Waals surface area contributed by atoms with Gasteiger partial charge in [-0.05, 0) is 77.1 Å². The zero-order valence-electron chi connectivity index (χ0n) is 16.4. The Morgan fingerprint density at radius 3 is 2.69 bits per heavy atom. The van der Waals surface area contributed by atoms with Gasteiger partial charge in [-0.3, -0.25) is 9.13 Å². The predicted octanol–water partition coefficient (Wildman–Crippen LogP) is 3.69. The van der Waals surface area contributed by atoms with Crippen LogP contribution in [-0.2, 0) is 20.1 Å². The average molecular weight is 458 g/mol. The van der Waals surface area contributed by atoms with E-state index in [0.29, 0.717) is 12.5 Å². The molecule has 2 heterocycles. The number of imidazole rings is 1. The molecule has 1 atom stereocenters. The molecular formula is C21H24BrN5O2. The van der Waals surface area contributed by atoms with Crippen LogP contribution in [0.25, 0.3) is 16.6 Å². The number of aromatic hydroxyl groups is 1. The first-order valence-electron chi connectivity index (χ1n) is 10.2. The number of halogens is 1. The van der Waals surface area contributed by atoms with E-state index in [1.807, 2.05) is 4.68 Å². The lowest BCUT2D eigenvalue weighted by Gasteiger charge is -2.22. The van der Waals surface area contributed by atoms with Gasteiger partial charge in [0.25, 0.3) is 0 Å². The number of hydrogen-bond donors (Lipinski definition) is 1. The van der Waals surface area contributed by atoms with Gasteiger partial charge in [-0.2, -0.15) is 0 Å². The summed E-state index contributed by atoms with van der Waals surface area (Å²) in [6.45, 7) is 1.59. The van der Waals surface area contributed by atoms with E-state index in [4.69, 9.17) is 0 Å². The second kappa shape index (κ2) is 7.16. The molecular weight excluding hydrogens is 434 g/mol. The number of allylic oxidation sites excluding steroid dienone is 2. The van der Waals surface area contributed by atoms with Gasteiger partial charge in [0.15, 0.2) is 0 Å². The lowest BCUT2D eigenvalue weighted by atomic mass is 9.86. The van der Waals surface area contributed by atoms with Gasteiger partial charge in [-0.1, -0.05) is 17.4 Å². The quantitative estimate of drug-likeness (QED) is 0.633. The highest BCUT2D eigenvalue weighted by Gasteiger charge is 2.24. The van der Waals surface area contributed by atoms with Crippen molar-refractivity contribution in [3.63, 3.8) is 0 Å². The zero-order valence-corrected chi connectivity index (χ0v) is 18.0. The second-order valence-corrected chi connectivity index (χ2v) is 9.15. The molecule has 7 nitrogen and oxygen atoms in total. The Bertz CT molecular complexity index is 1170. The summed E-state index contributed by atoms with van der Waals surface area (Å²) in [5, 5.41) is 18.5. The molecule has 2 aliphatic carbocycles. The van der Waals surface area contributed by atoms with Crippen molar-refractivity contribution < 1.29 is 5.11 Å². The van der Waals surface area contributed by atoms with Crippen LogP contribution >= 0.6 is 15.9 Å². The van der Waals surface area contributed by atoms with Gasteiger partial charge in [0.1, 0.15) is 5.52 Å². The maximum Gasteiger partial charge on any atom is 0.330 e. The third-order valence-corrected chi connectivity index (χ3v) is 7.02. The number of rotatable bonds is 5. The molecule has 1 fully saturated rings. The fraction of sp³-hybridized carbons (Fsp3) is 0.476. The Kier molecular flexibility index (Phi) is 4.61. The van der Waals surface area contributed by atoms with Crippen molar-refractivity contribution in [2.75, 3.05) is 0 Å². The maximum atomic E-state index is 12.1. The standard InChI is InChI=1S/C21H24BrN5O2/c1-25-18(28)12-26(21(25)29)10-13-4-6-15(7-5-13)16-8-9-17-20(19(16)22)23-24-27(17)11-14-2-3-14/h6,8-9,12-14,28H,2-5,7,10-11H2,1H3. The molecule has 1 aromatic carbocycles. The molecule has 2 aromatic heterocycles. The van der Waals surface area contributed by atoms with E-state index in [-0.39, 0.29) is 11.6 Å². The van der Waals surface area contributed by atoms with E-state index in [1.165, 1.54) is 34.7 Å². The molecule has 0 aliphatic heterocycles. The van der Waals surface area contributed by atoms with Gasteiger partial charge in [0, 0.05) is 20.1 Å². The first-order chi connectivity index (χ1) is 14.0. The van der Waals surface area contributed by atoms with Crippen LogP contribution in [0.2, 0.25) is 0 Å². The molecule has 8 heteroatoms. The summed E-state index contributed by atoms with van der Waals surface area (Å²) in [5.74, 6) is 1.16. The normalized spacial score (nSPS) is 19.7.